The molecule has 0 aliphatic heterocycles. The van der Waals surface area contributed by atoms with Crippen LogP contribution in [0.25, 0.3) is 11.1 Å². The second kappa shape index (κ2) is 15.5. The van der Waals surface area contributed by atoms with E-state index in [9.17, 15) is 18.0 Å². The molecule has 0 saturated carbocycles. The van der Waals surface area contributed by atoms with Crippen molar-refractivity contribution in [1.29, 1.82) is 0 Å². The van der Waals surface area contributed by atoms with E-state index < -0.39 is 12.1 Å². The summed E-state index contributed by atoms with van der Waals surface area (Å²) in [6.07, 6.45) is 1.62. The Labute approximate surface area is 221 Å². The number of carbonyl (C=O) groups excluding carboxylic acids is 1. The zero-order chi connectivity index (χ0) is 28.0. The van der Waals surface area contributed by atoms with Gasteiger partial charge in [0.25, 0.3) is 5.91 Å². The number of halogens is 3. The molecule has 1 atom stereocenters. The number of pyridine rings is 1. The minimum absolute atomic E-state index is 0.0639. The highest BCUT2D eigenvalue weighted by molar-refractivity contribution is 5.95. The number of benzene rings is 2. The van der Waals surface area contributed by atoms with Crippen molar-refractivity contribution in [2.24, 2.45) is 5.92 Å². The molecule has 3 N–H and O–H groups in total. The molecule has 0 fully saturated rings. The van der Waals surface area contributed by atoms with E-state index in [0.29, 0.717) is 18.0 Å². The van der Waals surface area contributed by atoms with Gasteiger partial charge in [0.1, 0.15) is 0 Å². The Morgan fingerprint density at radius 2 is 1.63 bits per heavy atom. The third kappa shape index (κ3) is 11.1. The minimum Gasteiger partial charge on any atom is -0.475 e. The van der Waals surface area contributed by atoms with E-state index >= 15 is 0 Å². The summed E-state index contributed by atoms with van der Waals surface area (Å²) in [7, 11) is 0. The van der Waals surface area contributed by atoms with Crippen molar-refractivity contribution in [2.75, 3.05) is 13.1 Å². The summed E-state index contributed by atoms with van der Waals surface area (Å²) in [6.45, 7) is 6.80. The number of carboxylic acids is 1. The van der Waals surface area contributed by atoms with E-state index in [4.69, 9.17) is 9.90 Å². The first-order valence-electron chi connectivity index (χ1n) is 12.5. The SMILES string of the molecule is CC[C@H](C)CNC(=O)c1cncc(-c2ccc(CNCCCc3ccccc3)cc2)c1.O=C(O)C(F)(F)F. The van der Waals surface area contributed by atoms with Crippen LogP contribution >= 0.6 is 0 Å². The van der Waals surface area contributed by atoms with E-state index in [2.05, 4.69) is 84.1 Å². The molecule has 0 aliphatic carbocycles. The maximum absolute atomic E-state index is 12.4. The Kier molecular flexibility index (Phi) is 12.5. The van der Waals surface area contributed by atoms with Gasteiger partial charge in [-0.1, -0.05) is 74.9 Å². The normalized spacial score (nSPS) is 11.7. The van der Waals surface area contributed by atoms with Gasteiger partial charge in [0.15, 0.2) is 0 Å². The number of alkyl halides is 3. The van der Waals surface area contributed by atoms with Crippen LogP contribution in [0.2, 0.25) is 0 Å². The second-order valence-electron chi connectivity index (χ2n) is 8.95. The standard InChI is InChI=1S/C27H33N3O.C2HF3O2/c1-3-21(2)17-30-27(31)26-16-25(19-29-20-26)24-13-11-23(12-14-24)18-28-15-7-10-22-8-5-4-6-9-22;3-2(4,5)1(6)7/h4-6,8-9,11-14,16,19-21,28H,3,7,10,15,17-18H2,1-2H3,(H,30,31);(H,6,7)/t21-;/m0./s1. The van der Waals surface area contributed by atoms with Crippen LogP contribution in [-0.2, 0) is 17.8 Å². The average molecular weight is 530 g/mol. The number of nitrogens with zero attached hydrogens (tertiary/aromatic N) is 1. The summed E-state index contributed by atoms with van der Waals surface area (Å²) in [5.74, 6) is -2.35. The third-order valence-electron chi connectivity index (χ3n) is 5.83. The second-order valence-corrected chi connectivity index (χ2v) is 8.95. The lowest BCUT2D eigenvalue weighted by Crippen LogP contribution is -2.28. The van der Waals surface area contributed by atoms with Crippen LogP contribution < -0.4 is 10.6 Å². The van der Waals surface area contributed by atoms with Crippen LogP contribution in [-0.4, -0.2) is 41.2 Å². The average Bonchev–Trinajstić information content (AvgIpc) is 2.92. The summed E-state index contributed by atoms with van der Waals surface area (Å²) in [5.41, 5.74) is 5.26. The monoisotopic (exact) mass is 529 g/mol. The lowest BCUT2D eigenvalue weighted by Gasteiger charge is -2.11. The molecule has 1 heterocycles. The zero-order valence-corrected chi connectivity index (χ0v) is 21.6. The first kappa shape index (κ1) is 30.5. The fourth-order valence-electron chi connectivity index (χ4n) is 3.35. The van der Waals surface area contributed by atoms with Gasteiger partial charge in [-0.3, -0.25) is 9.78 Å². The van der Waals surface area contributed by atoms with Crippen molar-refractivity contribution < 1.29 is 27.9 Å². The summed E-state index contributed by atoms with van der Waals surface area (Å²) >= 11 is 0. The molecule has 0 spiro atoms. The highest BCUT2D eigenvalue weighted by Gasteiger charge is 2.38. The molecular weight excluding hydrogens is 495 g/mol. The third-order valence-corrected chi connectivity index (χ3v) is 5.83. The molecule has 2 aromatic carbocycles. The summed E-state index contributed by atoms with van der Waals surface area (Å²) in [4.78, 5) is 25.6. The van der Waals surface area contributed by atoms with Crippen LogP contribution in [0.3, 0.4) is 0 Å². The number of hydrogen-bond acceptors (Lipinski definition) is 4. The molecule has 0 unspecified atom stereocenters. The Morgan fingerprint density at radius 1 is 0.974 bits per heavy atom. The van der Waals surface area contributed by atoms with Crippen molar-refractivity contribution in [3.8, 4) is 11.1 Å². The smallest absolute Gasteiger partial charge is 0.475 e. The van der Waals surface area contributed by atoms with Gasteiger partial charge < -0.3 is 15.7 Å². The van der Waals surface area contributed by atoms with E-state index in [0.717, 1.165) is 43.5 Å². The van der Waals surface area contributed by atoms with Crippen molar-refractivity contribution >= 4 is 11.9 Å². The molecule has 0 bridgehead atoms. The van der Waals surface area contributed by atoms with Crippen LogP contribution in [0.1, 0.15) is 48.2 Å². The fourth-order valence-corrected chi connectivity index (χ4v) is 3.35. The van der Waals surface area contributed by atoms with E-state index in [1.54, 1.807) is 6.20 Å². The number of aliphatic carboxylic acids is 1. The summed E-state index contributed by atoms with van der Waals surface area (Å²) in [5, 5.41) is 13.6. The van der Waals surface area contributed by atoms with Gasteiger partial charge in [-0.05, 0) is 48.1 Å². The summed E-state index contributed by atoms with van der Waals surface area (Å²) in [6, 6.07) is 21.0. The van der Waals surface area contributed by atoms with Crippen LogP contribution in [0.4, 0.5) is 13.2 Å². The van der Waals surface area contributed by atoms with Crippen molar-refractivity contribution in [2.45, 2.75) is 45.8 Å². The van der Waals surface area contributed by atoms with Gasteiger partial charge in [-0.25, -0.2) is 4.79 Å². The van der Waals surface area contributed by atoms with E-state index in [1.807, 2.05) is 12.3 Å². The first-order valence-corrected chi connectivity index (χ1v) is 12.5. The lowest BCUT2D eigenvalue weighted by molar-refractivity contribution is -0.192. The zero-order valence-electron chi connectivity index (χ0n) is 21.6. The highest BCUT2D eigenvalue weighted by Crippen LogP contribution is 2.20. The number of nitrogens with one attached hydrogen (secondary N) is 2. The van der Waals surface area contributed by atoms with Crippen molar-refractivity contribution in [3.05, 3.63) is 89.7 Å². The Balaban J connectivity index is 0.000000638. The van der Waals surface area contributed by atoms with Crippen LogP contribution in [0.15, 0.2) is 73.1 Å². The van der Waals surface area contributed by atoms with Gasteiger partial charge in [0.2, 0.25) is 0 Å². The maximum atomic E-state index is 12.4. The number of aryl methyl sites for hydroxylation is 1. The van der Waals surface area contributed by atoms with Gasteiger partial charge in [0.05, 0.1) is 5.56 Å². The lowest BCUT2D eigenvalue weighted by atomic mass is 10.0. The molecule has 0 saturated heterocycles. The topological polar surface area (TPSA) is 91.3 Å². The number of carboxylic acid groups (broad SMARTS) is 1. The molecule has 9 heteroatoms. The fraction of sp³-hybridized carbons (Fsp3) is 0.345. The molecule has 1 amide bonds. The minimum atomic E-state index is -5.08. The van der Waals surface area contributed by atoms with E-state index in [1.165, 1.54) is 11.1 Å². The van der Waals surface area contributed by atoms with Crippen molar-refractivity contribution in [1.82, 2.24) is 15.6 Å². The van der Waals surface area contributed by atoms with Crippen LogP contribution in [0, 0.1) is 5.92 Å². The predicted octanol–water partition coefficient (Wildman–Crippen LogP) is 5.88. The molecular formula is C29H34F3N3O3. The molecule has 204 valence electrons. The maximum Gasteiger partial charge on any atom is 0.490 e. The molecule has 1 aromatic heterocycles. The van der Waals surface area contributed by atoms with Crippen molar-refractivity contribution in [3.63, 3.8) is 0 Å². The van der Waals surface area contributed by atoms with Gasteiger partial charge in [-0.15, -0.1) is 0 Å². The van der Waals surface area contributed by atoms with Gasteiger partial charge >= 0.3 is 12.1 Å². The Bertz CT molecular complexity index is 1140. The van der Waals surface area contributed by atoms with Gasteiger partial charge in [0, 0.05) is 31.0 Å². The predicted molar refractivity (Wildman–Crippen MR) is 142 cm³/mol. The quantitative estimate of drug-likeness (QED) is 0.270. The number of hydrogen-bond donors (Lipinski definition) is 3. The number of carbonyl (C=O) groups is 2. The van der Waals surface area contributed by atoms with E-state index in [-0.39, 0.29) is 5.91 Å². The Hall–Kier alpha value is -3.72. The first-order chi connectivity index (χ1) is 18.1. The van der Waals surface area contributed by atoms with Gasteiger partial charge in [-0.2, -0.15) is 13.2 Å². The Morgan fingerprint density at radius 3 is 2.24 bits per heavy atom. The number of rotatable bonds is 11. The molecule has 0 aliphatic rings. The molecule has 38 heavy (non-hydrogen) atoms. The molecule has 6 nitrogen and oxygen atoms in total. The molecule has 3 aromatic rings. The van der Waals surface area contributed by atoms with Crippen LogP contribution in [0.5, 0.6) is 0 Å². The number of aromatic nitrogens is 1. The molecule has 3 rings (SSSR count). The summed E-state index contributed by atoms with van der Waals surface area (Å²) < 4.78 is 31.7. The molecule has 0 radical (unpaired) electrons. The largest absolute Gasteiger partial charge is 0.490 e. The highest BCUT2D eigenvalue weighted by atomic mass is 19.4. The number of amides is 1.